The molecule has 0 saturated heterocycles. The van der Waals surface area contributed by atoms with E-state index >= 15 is 0 Å². The molecule has 1 aromatic heterocycles. The largest absolute Gasteiger partial charge is 0.373 e. The van der Waals surface area contributed by atoms with Gasteiger partial charge in [0, 0.05) is 19.8 Å². The molecule has 0 bridgehead atoms. The van der Waals surface area contributed by atoms with Crippen LogP contribution in [0.25, 0.3) is 0 Å². The van der Waals surface area contributed by atoms with Crippen LogP contribution in [0.1, 0.15) is 37.6 Å². The van der Waals surface area contributed by atoms with Crippen molar-refractivity contribution in [1.82, 2.24) is 10.3 Å². The normalized spacial score (nSPS) is 11.2. The van der Waals surface area contributed by atoms with Crippen molar-refractivity contribution in [3.05, 3.63) is 22.8 Å². The standard InChI is InChI=1S/C13H20ClN3O/c1-13(2,3)5-6-16-12(18)9-7-11(15-4)17-8-10(9)14/h7-8H,5-6H2,1-4H3,(H,15,17)(H,16,18). The maximum Gasteiger partial charge on any atom is 0.252 e. The first kappa shape index (κ1) is 14.8. The summed E-state index contributed by atoms with van der Waals surface area (Å²) in [5.41, 5.74) is 0.649. The lowest BCUT2D eigenvalue weighted by Gasteiger charge is -2.18. The van der Waals surface area contributed by atoms with Crippen LogP contribution < -0.4 is 10.6 Å². The maximum absolute atomic E-state index is 12.0. The first-order valence-electron chi connectivity index (χ1n) is 5.95. The van der Waals surface area contributed by atoms with E-state index in [9.17, 15) is 4.79 Å². The fourth-order valence-corrected chi connectivity index (χ4v) is 1.58. The van der Waals surface area contributed by atoms with Crippen molar-refractivity contribution in [3.8, 4) is 0 Å². The van der Waals surface area contributed by atoms with E-state index < -0.39 is 0 Å². The maximum atomic E-state index is 12.0. The van der Waals surface area contributed by atoms with Crippen LogP contribution in [-0.4, -0.2) is 24.5 Å². The molecule has 0 fully saturated rings. The summed E-state index contributed by atoms with van der Waals surface area (Å²) in [7, 11) is 1.75. The van der Waals surface area contributed by atoms with E-state index in [1.54, 1.807) is 13.1 Å². The molecule has 1 heterocycles. The fraction of sp³-hybridized carbons (Fsp3) is 0.538. The van der Waals surface area contributed by atoms with Gasteiger partial charge in [0.05, 0.1) is 10.6 Å². The van der Waals surface area contributed by atoms with Crippen LogP contribution in [0.3, 0.4) is 0 Å². The van der Waals surface area contributed by atoms with Gasteiger partial charge in [-0.2, -0.15) is 0 Å². The van der Waals surface area contributed by atoms with Crippen LogP contribution in [0, 0.1) is 5.41 Å². The Hall–Kier alpha value is -1.29. The van der Waals surface area contributed by atoms with Gasteiger partial charge in [-0.1, -0.05) is 32.4 Å². The molecule has 0 aliphatic rings. The zero-order chi connectivity index (χ0) is 13.8. The lowest BCUT2D eigenvalue weighted by molar-refractivity contribution is 0.0949. The molecule has 0 spiro atoms. The minimum Gasteiger partial charge on any atom is -0.373 e. The number of hydrogen-bond donors (Lipinski definition) is 2. The van der Waals surface area contributed by atoms with Gasteiger partial charge in [0.2, 0.25) is 0 Å². The first-order valence-corrected chi connectivity index (χ1v) is 6.33. The van der Waals surface area contributed by atoms with E-state index in [0.29, 0.717) is 22.9 Å². The van der Waals surface area contributed by atoms with Gasteiger partial charge in [-0.15, -0.1) is 0 Å². The number of carbonyl (C=O) groups excluding carboxylic acids is 1. The second-order valence-electron chi connectivity index (χ2n) is 5.37. The molecule has 0 saturated carbocycles. The van der Waals surface area contributed by atoms with Crippen molar-refractivity contribution >= 4 is 23.3 Å². The molecule has 18 heavy (non-hydrogen) atoms. The summed E-state index contributed by atoms with van der Waals surface area (Å²) in [6.45, 7) is 7.04. The Kier molecular flexibility index (Phi) is 4.96. The molecule has 0 unspecified atom stereocenters. The fourth-order valence-electron chi connectivity index (χ4n) is 1.40. The predicted molar refractivity (Wildman–Crippen MR) is 75.2 cm³/mol. The third-order valence-electron chi connectivity index (χ3n) is 2.52. The number of pyridine rings is 1. The van der Waals surface area contributed by atoms with Crippen LogP contribution in [0.2, 0.25) is 5.02 Å². The van der Waals surface area contributed by atoms with E-state index in [1.165, 1.54) is 6.20 Å². The van der Waals surface area contributed by atoms with Crippen molar-refractivity contribution in [2.24, 2.45) is 5.41 Å². The van der Waals surface area contributed by atoms with Crippen molar-refractivity contribution in [2.45, 2.75) is 27.2 Å². The predicted octanol–water partition coefficient (Wildman–Crippen LogP) is 2.94. The van der Waals surface area contributed by atoms with E-state index in [-0.39, 0.29) is 11.3 Å². The molecular formula is C13H20ClN3O. The monoisotopic (exact) mass is 269 g/mol. The number of nitrogens with one attached hydrogen (secondary N) is 2. The van der Waals surface area contributed by atoms with Gasteiger partial charge < -0.3 is 10.6 Å². The molecule has 0 atom stereocenters. The molecule has 100 valence electrons. The number of rotatable bonds is 4. The Morgan fingerprint density at radius 1 is 1.44 bits per heavy atom. The summed E-state index contributed by atoms with van der Waals surface area (Å²) in [5, 5.41) is 6.11. The second kappa shape index (κ2) is 6.05. The Balaban J connectivity index is 2.66. The van der Waals surface area contributed by atoms with Gasteiger partial charge >= 0.3 is 0 Å². The Morgan fingerprint density at radius 3 is 2.67 bits per heavy atom. The number of aromatic nitrogens is 1. The molecule has 1 amide bonds. The summed E-state index contributed by atoms with van der Waals surface area (Å²) in [6.07, 6.45) is 2.40. The Bertz CT molecular complexity index is 427. The van der Waals surface area contributed by atoms with E-state index in [4.69, 9.17) is 11.6 Å². The van der Waals surface area contributed by atoms with Crippen molar-refractivity contribution in [2.75, 3.05) is 18.9 Å². The van der Waals surface area contributed by atoms with Gasteiger partial charge in [-0.05, 0) is 17.9 Å². The molecule has 0 radical (unpaired) electrons. The lowest BCUT2D eigenvalue weighted by atomic mass is 9.92. The highest BCUT2D eigenvalue weighted by Crippen LogP contribution is 2.19. The number of hydrogen-bond acceptors (Lipinski definition) is 3. The quantitative estimate of drug-likeness (QED) is 0.884. The van der Waals surface area contributed by atoms with Crippen LogP contribution in [0.5, 0.6) is 0 Å². The highest BCUT2D eigenvalue weighted by Gasteiger charge is 2.14. The number of amides is 1. The summed E-state index contributed by atoms with van der Waals surface area (Å²) in [4.78, 5) is 16.0. The van der Waals surface area contributed by atoms with E-state index in [2.05, 4.69) is 36.4 Å². The van der Waals surface area contributed by atoms with Crippen LogP contribution in [-0.2, 0) is 0 Å². The number of carbonyl (C=O) groups is 1. The molecule has 4 nitrogen and oxygen atoms in total. The molecule has 1 aromatic rings. The summed E-state index contributed by atoms with van der Waals surface area (Å²) >= 11 is 5.97. The molecule has 0 aliphatic carbocycles. The zero-order valence-electron chi connectivity index (χ0n) is 11.3. The topological polar surface area (TPSA) is 54.0 Å². The van der Waals surface area contributed by atoms with Crippen molar-refractivity contribution in [1.29, 1.82) is 0 Å². The van der Waals surface area contributed by atoms with Crippen LogP contribution >= 0.6 is 11.6 Å². The van der Waals surface area contributed by atoms with Gasteiger partial charge in [-0.25, -0.2) is 4.98 Å². The van der Waals surface area contributed by atoms with Crippen LogP contribution in [0.15, 0.2) is 12.3 Å². The lowest BCUT2D eigenvalue weighted by Crippen LogP contribution is -2.27. The zero-order valence-corrected chi connectivity index (χ0v) is 12.1. The summed E-state index contributed by atoms with van der Waals surface area (Å²) in [6, 6.07) is 1.65. The Morgan fingerprint density at radius 2 is 2.11 bits per heavy atom. The van der Waals surface area contributed by atoms with Gasteiger partial charge in [-0.3, -0.25) is 4.79 Å². The molecule has 2 N–H and O–H groups in total. The minimum absolute atomic E-state index is 0.164. The molecule has 1 rings (SSSR count). The molecule has 0 aliphatic heterocycles. The first-order chi connectivity index (χ1) is 8.33. The van der Waals surface area contributed by atoms with Gasteiger partial charge in [0.15, 0.2) is 0 Å². The smallest absolute Gasteiger partial charge is 0.252 e. The second-order valence-corrected chi connectivity index (χ2v) is 5.77. The third-order valence-corrected chi connectivity index (χ3v) is 2.82. The van der Waals surface area contributed by atoms with Crippen molar-refractivity contribution < 1.29 is 4.79 Å². The highest BCUT2D eigenvalue weighted by molar-refractivity contribution is 6.33. The average molecular weight is 270 g/mol. The van der Waals surface area contributed by atoms with Crippen LogP contribution in [0.4, 0.5) is 5.82 Å². The minimum atomic E-state index is -0.164. The Labute approximate surface area is 113 Å². The van der Waals surface area contributed by atoms with E-state index in [1.807, 2.05) is 0 Å². The van der Waals surface area contributed by atoms with Crippen molar-refractivity contribution in [3.63, 3.8) is 0 Å². The van der Waals surface area contributed by atoms with Gasteiger partial charge in [0.1, 0.15) is 5.82 Å². The number of halogens is 1. The number of anilines is 1. The van der Waals surface area contributed by atoms with Gasteiger partial charge in [0.25, 0.3) is 5.91 Å². The summed E-state index contributed by atoms with van der Waals surface area (Å²) < 4.78 is 0. The molecule has 0 aromatic carbocycles. The van der Waals surface area contributed by atoms with E-state index in [0.717, 1.165) is 6.42 Å². The summed E-state index contributed by atoms with van der Waals surface area (Å²) in [5.74, 6) is 0.462. The average Bonchev–Trinajstić information content (AvgIpc) is 2.27. The number of nitrogens with zero attached hydrogens (tertiary/aromatic N) is 1. The molecular weight excluding hydrogens is 250 g/mol. The SMILES string of the molecule is CNc1cc(C(=O)NCCC(C)(C)C)c(Cl)cn1. The highest BCUT2D eigenvalue weighted by atomic mass is 35.5. The molecule has 5 heteroatoms. The third kappa shape index (κ3) is 4.53.